The Morgan fingerprint density at radius 2 is 1.90 bits per heavy atom. The van der Waals surface area contributed by atoms with Crippen LogP contribution in [-0.4, -0.2) is 14.8 Å². The molecule has 0 amide bonds. The van der Waals surface area contributed by atoms with Crippen molar-refractivity contribution in [2.24, 2.45) is 0 Å². The number of halogens is 2. The summed E-state index contributed by atoms with van der Waals surface area (Å²) in [7, 11) is 0. The maximum Gasteiger partial charge on any atom is 0.159 e. The van der Waals surface area contributed by atoms with Gasteiger partial charge in [-0.2, -0.15) is 5.10 Å². The lowest BCUT2D eigenvalue weighted by Gasteiger charge is -2.00. The standard InChI is InChI=1S/C14H10F2N4/c15-10-5-4-9(7-11(10)16)14-12(17)8-20(19-14)13-3-1-2-6-18-13/h1-8H,17H2. The molecular weight excluding hydrogens is 262 g/mol. The third kappa shape index (κ3) is 2.11. The molecule has 4 nitrogen and oxygen atoms in total. The fourth-order valence-corrected chi connectivity index (χ4v) is 1.86. The minimum atomic E-state index is -0.936. The first kappa shape index (κ1) is 12.3. The summed E-state index contributed by atoms with van der Waals surface area (Å²) in [6, 6.07) is 8.91. The van der Waals surface area contributed by atoms with Gasteiger partial charge in [0.25, 0.3) is 0 Å². The first-order valence-electron chi connectivity index (χ1n) is 5.87. The molecule has 0 aliphatic carbocycles. The van der Waals surface area contributed by atoms with Crippen molar-refractivity contribution in [2.75, 3.05) is 5.73 Å². The van der Waals surface area contributed by atoms with Crippen molar-refractivity contribution in [1.82, 2.24) is 14.8 Å². The van der Waals surface area contributed by atoms with Gasteiger partial charge in [0.15, 0.2) is 17.5 Å². The Morgan fingerprint density at radius 1 is 1.05 bits per heavy atom. The summed E-state index contributed by atoms with van der Waals surface area (Å²) in [5, 5.41) is 4.26. The summed E-state index contributed by atoms with van der Waals surface area (Å²) in [6.07, 6.45) is 3.21. The number of nitrogens with zero attached hydrogens (tertiary/aromatic N) is 3. The van der Waals surface area contributed by atoms with E-state index in [1.54, 1.807) is 24.5 Å². The summed E-state index contributed by atoms with van der Waals surface area (Å²) in [4.78, 5) is 4.14. The third-order valence-electron chi connectivity index (χ3n) is 2.82. The second-order valence-corrected chi connectivity index (χ2v) is 4.19. The molecule has 6 heteroatoms. The van der Waals surface area contributed by atoms with Gasteiger partial charge in [-0.3, -0.25) is 0 Å². The van der Waals surface area contributed by atoms with Gasteiger partial charge in [-0.25, -0.2) is 18.4 Å². The fourth-order valence-electron chi connectivity index (χ4n) is 1.86. The molecule has 0 bridgehead atoms. The van der Waals surface area contributed by atoms with E-state index in [2.05, 4.69) is 10.1 Å². The van der Waals surface area contributed by atoms with E-state index in [0.29, 0.717) is 22.8 Å². The molecule has 1 aromatic carbocycles. The molecule has 0 saturated carbocycles. The molecule has 0 atom stereocenters. The van der Waals surface area contributed by atoms with Crippen LogP contribution in [0.4, 0.5) is 14.5 Å². The molecule has 0 aliphatic rings. The van der Waals surface area contributed by atoms with Crippen LogP contribution in [0.5, 0.6) is 0 Å². The second-order valence-electron chi connectivity index (χ2n) is 4.19. The van der Waals surface area contributed by atoms with Crippen LogP contribution in [0.15, 0.2) is 48.8 Å². The average molecular weight is 272 g/mol. The van der Waals surface area contributed by atoms with Crippen LogP contribution < -0.4 is 5.73 Å². The second kappa shape index (κ2) is 4.73. The van der Waals surface area contributed by atoms with Crippen LogP contribution in [0.2, 0.25) is 0 Å². The van der Waals surface area contributed by atoms with Gasteiger partial charge in [0.1, 0.15) is 5.69 Å². The Balaban J connectivity index is 2.07. The number of pyridine rings is 1. The van der Waals surface area contributed by atoms with Crippen molar-refractivity contribution in [3.63, 3.8) is 0 Å². The molecule has 100 valence electrons. The number of hydrogen-bond donors (Lipinski definition) is 1. The molecule has 2 aromatic heterocycles. The molecule has 0 saturated heterocycles. The smallest absolute Gasteiger partial charge is 0.159 e. The van der Waals surface area contributed by atoms with Gasteiger partial charge < -0.3 is 5.73 Å². The molecular formula is C14H10F2N4. The van der Waals surface area contributed by atoms with Crippen LogP contribution >= 0.6 is 0 Å². The summed E-state index contributed by atoms with van der Waals surface area (Å²) in [6.45, 7) is 0. The van der Waals surface area contributed by atoms with Gasteiger partial charge >= 0.3 is 0 Å². The highest BCUT2D eigenvalue weighted by atomic mass is 19.2. The van der Waals surface area contributed by atoms with Gasteiger partial charge in [-0.05, 0) is 30.3 Å². The van der Waals surface area contributed by atoms with Gasteiger partial charge in [0, 0.05) is 11.8 Å². The first-order chi connectivity index (χ1) is 9.65. The van der Waals surface area contributed by atoms with Gasteiger partial charge in [-0.1, -0.05) is 6.07 Å². The molecule has 0 radical (unpaired) electrons. The molecule has 0 spiro atoms. The lowest BCUT2D eigenvalue weighted by Crippen LogP contribution is -1.97. The summed E-state index contributed by atoms with van der Waals surface area (Å²) < 4.78 is 27.7. The molecule has 2 heterocycles. The zero-order valence-electron chi connectivity index (χ0n) is 10.3. The van der Waals surface area contributed by atoms with E-state index in [9.17, 15) is 8.78 Å². The number of hydrogen-bond acceptors (Lipinski definition) is 3. The first-order valence-corrected chi connectivity index (χ1v) is 5.87. The van der Waals surface area contributed by atoms with Crippen LogP contribution in [0.3, 0.4) is 0 Å². The van der Waals surface area contributed by atoms with Crippen molar-refractivity contribution in [3.8, 4) is 17.1 Å². The summed E-state index contributed by atoms with van der Waals surface area (Å²) >= 11 is 0. The van der Waals surface area contributed by atoms with Crippen molar-refractivity contribution in [2.45, 2.75) is 0 Å². The maximum absolute atomic E-state index is 13.3. The number of aromatic nitrogens is 3. The van der Waals surface area contributed by atoms with Crippen molar-refractivity contribution >= 4 is 5.69 Å². The number of benzene rings is 1. The van der Waals surface area contributed by atoms with Crippen molar-refractivity contribution < 1.29 is 8.78 Å². The zero-order chi connectivity index (χ0) is 14.1. The molecule has 0 unspecified atom stereocenters. The average Bonchev–Trinajstić information content (AvgIpc) is 2.85. The van der Waals surface area contributed by atoms with Gasteiger partial charge in [-0.15, -0.1) is 0 Å². The van der Waals surface area contributed by atoms with Crippen LogP contribution in [-0.2, 0) is 0 Å². The van der Waals surface area contributed by atoms with Gasteiger partial charge in [0.2, 0.25) is 0 Å². The van der Waals surface area contributed by atoms with E-state index in [1.807, 2.05) is 6.07 Å². The lowest BCUT2D eigenvalue weighted by atomic mass is 10.1. The highest BCUT2D eigenvalue weighted by Gasteiger charge is 2.12. The van der Waals surface area contributed by atoms with E-state index in [4.69, 9.17) is 5.73 Å². The minimum Gasteiger partial charge on any atom is -0.396 e. The third-order valence-corrected chi connectivity index (χ3v) is 2.82. The van der Waals surface area contributed by atoms with Crippen LogP contribution in [0.1, 0.15) is 0 Å². The molecule has 2 N–H and O–H groups in total. The van der Waals surface area contributed by atoms with E-state index in [1.165, 1.54) is 10.7 Å². The van der Waals surface area contributed by atoms with Crippen LogP contribution in [0, 0.1) is 11.6 Å². The van der Waals surface area contributed by atoms with E-state index in [0.717, 1.165) is 12.1 Å². The number of rotatable bonds is 2. The zero-order valence-corrected chi connectivity index (χ0v) is 10.3. The summed E-state index contributed by atoms with van der Waals surface area (Å²) in [5.74, 6) is -1.25. The number of anilines is 1. The summed E-state index contributed by atoms with van der Waals surface area (Å²) in [5.41, 5.74) is 7.03. The quantitative estimate of drug-likeness (QED) is 0.780. The highest BCUT2D eigenvalue weighted by molar-refractivity contribution is 5.72. The normalized spacial score (nSPS) is 10.7. The van der Waals surface area contributed by atoms with Gasteiger partial charge in [0.05, 0.1) is 11.9 Å². The molecule has 3 rings (SSSR count). The Kier molecular flexibility index (Phi) is 2.90. The molecule has 20 heavy (non-hydrogen) atoms. The Morgan fingerprint density at radius 3 is 2.60 bits per heavy atom. The molecule has 0 fully saturated rings. The number of nitrogen functional groups attached to an aromatic ring is 1. The Bertz CT molecular complexity index is 753. The number of nitrogens with two attached hydrogens (primary N) is 1. The highest BCUT2D eigenvalue weighted by Crippen LogP contribution is 2.26. The van der Waals surface area contributed by atoms with Crippen LogP contribution in [0.25, 0.3) is 17.1 Å². The fraction of sp³-hybridized carbons (Fsp3) is 0. The van der Waals surface area contributed by atoms with E-state index in [-0.39, 0.29) is 0 Å². The van der Waals surface area contributed by atoms with Crippen molar-refractivity contribution in [3.05, 3.63) is 60.4 Å². The molecule has 3 aromatic rings. The van der Waals surface area contributed by atoms with E-state index >= 15 is 0 Å². The Hall–Kier alpha value is -2.76. The molecule has 0 aliphatic heterocycles. The monoisotopic (exact) mass is 272 g/mol. The van der Waals surface area contributed by atoms with E-state index < -0.39 is 11.6 Å². The lowest BCUT2D eigenvalue weighted by molar-refractivity contribution is 0.509. The predicted molar refractivity (Wildman–Crippen MR) is 71.1 cm³/mol. The van der Waals surface area contributed by atoms with Crippen molar-refractivity contribution in [1.29, 1.82) is 0 Å². The topological polar surface area (TPSA) is 56.7 Å². The SMILES string of the molecule is Nc1cn(-c2ccccn2)nc1-c1ccc(F)c(F)c1. The largest absolute Gasteiger partial charge is 0.396 e. The maximum atomic E-state index is 13.3. The minimum absolute atomic E-state index is 0.363. The Labute approximate surface area is 113 Å². The predicted octanol–water partition coefficient (Wildman–Crippen LogP) is 2.79.